The van der Waals surface area contributed by atoms with E-state index in [1.54, 1.807) is 0 Å². The summed E-state index contributed by atoms with van der Waals surface area (Å²) < 4.78 is 34.9. The van der Waals surface area contributed by atoms with E-state index in [4.69, 9.17) is 5.14 Å². The summed E-state index contributed by atoms with van der Waals surface area (Å²) >= 11 is 0. The van der Waals surface area contributed by atoms with Crippen LogP contribution in [-0.4, -0.2) is 31.6 Å². The van der Waals surface area contributed by atoms with Crippen molar-refractivity contribution in [2.45, 2.75) is 6.42 Å². The van der Waals surface area contributed by atoms with E-state index in [0.29, 0.717) is 5.69 Å². The van der Waals surface area contributed by atoms with Crippen LogP contribution >= 0.6 is 0 Å². The van der Waals surface area contributed by atoms with E-state index in [1.807, 2.05) is 0 Å². The average molecular weight is 273 g/mol. The molecule has 2 N–H and O–H groups in total. The summed E-state index contributed by atoms with van der Waals surface area (Å²) in [6, 6.07) is 2.64. The van der Waals surface area contributed by atoms with Gasteiger partial charge in [0, 0.05) is 36.8 Å². The van der Waals surface area contributed by atoms with Crippen molar-refractivity contribution in [1.82, 2.24) is 4.98 Å². The Bertz CT molecular complexity index is 575. The smallest absolute Gasteiger partial charge is 0.227 e. The third kappa shape index (κ3) is 3.02. The maximum atomic E-state index is 13.0. The number of anilines is 1. The molecule has 2 rings (SSSR count). The predicted molar refractivity (Wildman–Crippen MR) is 62.6 cm³/mol. The number of amides is 1. The van der Waals surface area contributed by atoms with Gasteiger partial charge in [0.2, 0.25) is 21.9 Å². The first kappa shape index (κ1) is 12.9. The molecule has 1 amide bonds. The van der Waals surface area contributed by atoms with Crippen LogP contribution < -0.4 is 10.0 Å². The molecule has 8 heteroatoms. The third-order valence-corrected chi connectivity index (χ3v) is 3.63. The molecule has 1 fully saturated rings. The summed E-state index contributed by atoms with van der Waals surface area (Å²) in [5.74, 6) is -1.53. The molecule has 0 saturated carbocycles. The highest BCUT2D eigenvalue weighted by Crippen LogP contribution is 2.25. The lowest BCUT2D eigenvalue weighted by Gasteiger charge is -2.16. The Morgan fingerprint density at radius 3 is 2.89 bits per heavy atom. The zero-order chi connectivity index (χ0) is 13.3. The quantitative estimate of drug-likeness (QED) is 0.776. The summed E-state index contributed by atoms with van der Waals surface area (Å²) in [6.45, 7) is 0.221. The van der Waals surface area contributed by atoms with Crippen molar-refractivity contribution in [3.63, 3.8) is 0 Å². The van der Waals surface area contributed by atoms with Gasteiger partial charge >= 0.3 is 0 Å². The van der Waals surface area contributed by atoms with E-state index in [1.165, 1.54) is 17.2 Å². The monoisotopic (exact) mass is 273 g/mol. The van der Waals surface area contributed by atoms with E-state index < -0.39 is 16.0 Å². The van der Waals surface area contributed by atoms with Gasteiger partial charge in [0.25, 0.3) is 0 Å². The molecule has 18 heavy (non-hydrogen) atoms. The average Bonchev–Trinajstić information content (AvgIpc) is 2.56. The molecule has 6 nitrogen and oxygen atoms in total. The van der Waals surface area contributed by atoms with Gasteiger partial charge in [-0.05, 0) is 6.07 Å². The Kier molecular flexibility index (Phi) is 3.31. The molecule has 0 bridgehead atoms. The molecule has 1 aromatic heterocycles. The van der Waals surface area contributed by atoms with Gasteiger partial charge in [0.15, 0.2) is 0 Å². The highest BCUT2D eigenvalue weighted by atomic mass is 32.2. The van der Waals surface area contributed by atoms with Crippen LogP contribution in [0.2, 0.25) is 0 Å². The number of nitrogens with zero attached hydrogens (tertiary/aromatic N) is 2. The minimum absolute atomic E-state index is 0.0976. The number of sulfonamides is 1. The van der Waals surface area contributed by atoms with Gasteiger partial charge in [-0.2, -0.15) is 4.39 Å². The van der Waals surface area contributed by atoms with Gasteiger partial charge in [-0.1, -0.05) is 0 Å². The lowest BCUT2D eigenvalue weighted by Crippen LogP contribution is -2.27. The number of carbonyl (C=O) groups excluding carboxylic acids is 1. The van der Waals surface area contributed by atoms with Crippen LogP contribution in [0, 0.1) is 11.9 Å². The molecule has 1 saturated heterocycles. The van der Waals surface area contributed by atoms with Crippen molar-refractivity contribution in [3.05, 3.63) is 24.3 Å². The van der Waals surface area contributed by atoms with E-state index in [-0.39, 0.29) is 30.5 Å². The van der Waals surface area contributed by atoms with Crippen molar-refractivity contribution < 1.29 is 17.6 Å². The van der Waals surface area contributed by atoms with E-state index >= 15 is 0 Å². The lowest BCUT2D eigenvalue weighted by molar-refractivity contribution is -0.117. The van der Waals surface area contributed by atoms with Gasteiger partial charge in [-0.15, -0.1) is 0 Å². The Morgan fingerprint density at radius 1 is 1.56 bits per heavy atom. The van der Waals surface area contributed by atoms with Crippen LogP contribution in [0.1, 0.15) is 6.42 Å². The van der Waals surface area contributed by atoms with Crippen molar-refractivity contribution in [3.8, 4) is 0 Å². The number of hydrogen-bond acceptors (Lipinski definition) is 4. The molecular formula is C10H12FN3O3S. The second-order valence-electron chi connectivity index (χ2n) is 4.24. The molecule has 1 unspecified atom stereocenters. The topological polar surface area (TPSA) is 93.4 Å². The van der Waals surface area contributed by atoms with Crippen LogP contribution in [0.4, 0.5) is 10.1 Å². The molecule has 0 aliphatic carbocycles. The maximum absolute atomic E-state index is 13.0. The first-order valence-corrected chi connectivity index (χ1v) is 6.99. The second kappa shape index (κ2) is 4.62. The summed E-state index contributed by atoms with van der Waals surface area (Å²) in [4.78, 5) is 16.5. The summed E-state index contributed by atoms with van der Waals surface area (Å²) in [6.07, 6.45) is 1.35. The zero-order valence-corrected chi connectivity index (χ0v) is 10.2. The number of halogens is 1. The van der Waals surface area contributed by atoms with Crippen molar-refractivity contribution >= 4 is 21.6 Å². The standard InChI is InChI=1S/C10H12FN3O3S/c11-9-4-8(1-2-13-9)14-5-7(3-10(14)15)6-18(12,16)17/h1-2,4,7H,3,5-6H2,(H2,12,16,17). The lowest BCUT2D eigenvalue weighted by atomic mass is 10.1. The first-order chi connectivity index (χ1) is 8.35. The normalized spacial score (nSPS) is 20.4. The Labute approximate surface area is 104 Å². The molecular weight excluding hydrogens is 261 g/mol. The van der Waals surface area contributed by atoms with Crippen molar-refractivity contribution in [1.29, 1.82) is 0 Å². The number of primary sulfonamides is 1. The maximum Gasteiger partial charge on any atom is 0.227 e. The fourth-order valence-electron chi connectivity index (χ4n) is 2.03. The van der Waals surface area contributed by atoms with E-state index in [9.17, 15) is 17.6 Å². The molecule has 0 spiro atoms. The predicted octanol–water partition coefficient (Wildman–Crippen LogP) is -0.138. The second-order valence-corrected chi connectivity index (χ2v) is 5.90. The van der Waals surface area contributed by atoms with Gasteiger partial charge in [-0.3, -0.25) is 4.79 Å². The number of aromatic nitrogens is 1. The Balaban J connectivity index is 2.15. The first-order valence-electron chi connectivity index (χ1n) is 5.27. The minimum atomic E-state index is -3.61. The van der Waals surface area contributed by atoms with Crippen LogP contribution in [0.25, 0.3) is 0 Å². The molecule has 0 aromatic carbocycles. The van der Waals surface area contributed by atoms with Crippen LogP contribution in [0.5, 0.6) is 0 Å². The summed E-state index contributed by atoms with van der Waals surface area (Å²) in [5, 5.41) is 4.94. The van der Waals surface area contributed by atoms with E-state index in [0.717, 1.165) is 6.07 Å². The van der Waals surface area contributed by atoms with Gasteiger partial charge in [-0.25, -0.2) is 18.5 Å². The molecule has 98 valence electrons. The minimum Gasteiger partial charge on any atom is -0.312 e. The number of hydrogen-bond donors (Lipinski definition) is 1. The number of nitrogens with two attached hydrogens (primary N) is 1. The molecule has 2 heterocycles. The highest BCUT2D eigenvalue weighted by Gasteiger charge is 2.32. The van der Waals surface area contributed by atoms with Crippen LogP contribution in [-0.2, 0) is 14.8 Å². The van der Waals surface area contributed by atoms with Crippen LogP contribution in [0.15, 0.2) is 18.3 Å². The largest absolute Gasteiger partial charge is 0.312 e. The van der Waals surface area contributed by atoms with Gasteiger partial charge in [0.05, 0.1) is 5.75 Å². The molecule has 1 aromatic rings. The van der Waals surface area contributed by atoms with E-state index in [2.05, 4.69) is 4.98 Å². The Hall–Kier alpha value is -1.54. The van der Waals surface area contributed by atoms with Crippen molar-refractivity contribution in [2.75, 3.05) is 17.2 Å². The summed E-state index contributed by atoms with van der Waals surface area (Å²) in [5.41, 5.74) is 0.379. The highest BCUT2D eigenvalue weighted by molar-refractivity contribution is 7.89. The zero-order valence-electron chi connectivity index (χ0n) is 9.41. The number of rotatable bonds is 3. The molecule has 1 aliphatic rings. The SMILES string of the molecule is NS(=O)(=O)CC1CC(=O)N(c2ccnc(F)c2)C1. The number of pyridine rings is 1. The fourth-order valence-corrected chi connectivity index (χ4v) is 2.91. The fraction of sp³-hybridized carbons (Fsp3) is 0.400. The van der Waals surface area contributed by atoms with Crippen molar-refractivity contribution in [2.24, 2.45) is 11.1 Å². The molecule has 0 radical (unpaired) electrons. The van der Waals surface area contributed by atoms with Gasteiger partial charge < -0.3 is 4.90 Å². The molecule has 1 aliphatic heterocycles. The summed E-state index contributed by atoms with van der Waals surface area (Å²) in [7, 11) is -3.61. The van der Waals surface area contributed by atoms with Crippen LogP contribution in [0.3, 0.4) is 0 Å². The molecule has 1 atom stereocenters. The Morgan fingerprint density at radius 2 is 2.28 bits per heavy atom. The number of carbonyl (C=O) groups is 1. The van der Waals surface area contributed by atoms with Gasteiger partial charge in [0.1, 0.15) is 0 Å². The third-order valence-electron chi connectivity index (χ3n) is 2.69.